The molecule has 0 bridgehead atoms. The molecule has 19 heavy (non-hydrogen) atoms. The van der Waals surface area contributed by atoms with Crippen molar-refractivity contribution in [3.8, 4) is 0 Å². The molecule has 0 aromatic heterocycles. The van der Waals surface area contributed by atoms with Crippen LogP contribution in [0, 0.1) is 0 Å². The number of hydrogen-bond donors (Lipinski definition) is 2. The molecule has 0 saturated carbocycles. The Balaban J connectivity index is 4.72. The highest BCUT2D eigenvalue weighted by Crippen LogP contribution is 2.20. The van der Waals surface area contributed by atoms with E-state index in [0.29, 0.717) is 32.3 Å². The first-order chi connectivity index (χ1) is 9.17. The molecule has 0 saturated heterocycles. The van der Waals surface area contributed by atoms with Gasteiger partial charge in [-0.2, -0.15) is 0 Å². The largest absolute Gasteiger partial charge is 0.502 e. The molecule has 0 spiro atoms. The summed E-state index contributed by atoms with van der Waals surface area (Å²) in [4.78, 5) is 0. The van der Waals surface area contributed by atoms with Crippen LogP contribution in [0.4, 0.5) is 0 Å². The lowest BCUT2D eigenvalue weighted by Gasteiger charge is -2.33. The minimum absolute atomic E-state index is 0.108. The Bertz CT molecular complexity index is 200. The predicted octanol–water partition coefficient (Wildman–Crippen LogP) is 1.88. The molecule has 0 aliphatic heterocycles. The van der Waals surface area contributed by atoms with Gasteiger partial charge in [0.25, 0.3) is 0 Å². The summed E-state index contributed by atoms with van der Waals surface area (Å²) in [6, 6.07) is 0.675. The van der Waals surface area contributed by atoms with Crippen LogP contribution in [0.5, 0.6) is 0 Å². The van der Waals surface area contributed by atoms with Crippen molar-refractivity contribution < 1.29 is 13.3 Å². The summed E-state index contributed by atoms with van der Waals surface area (Å²) in [6.45, 7) is 8.73. The molecule has 5 nitrogen and oxygen atoms in total. The molecule has 0 aliphatic rings. The summed E-state index contributed by atoms with van der Waals surface area (Å²) in [6.07, 6.45) is 3.76. The van der Waals surface area contributed by atoms with Gasteiger partial charge in [-0.1, -0.05) is 20.8 Å². The Morgan fingerprint density at radius 2 is 1.53 bits per heavy atom. The first-order valence-electron chi connectivity index (χ1n) is 7.53. The minimum atomic E-state index is -2.64. The van der Waals surface area contributed by atoms with Crippen molar-refractivity contribution in [1.29, 1.82) is 0 Å². The van der Waals surface area contributed by atoms with E-state index in [0.717, 1.165) is 25.7 Å². The Hall–Kier alpha value is 0.0169. The minimum Gasteiger partial charge on any atom is -0.373 e. The molecule has 0 radical (unpaired) electrons. The third-order valence-electron chi connectivity index (χ3n) is 2.79. The lowest BCUT2D eigenvalue weighted by molar-refractivity contribution is 0.0236. The quantitative estimate of drug-likeness (QED) is 0.507. The summed E-state index contributed by atoms with van der Waals surface area (Å²) >= 11 is 0. The zero-order valence-electron chi connectivity index (χ0n) is 12.8. The molecule has 4 N–H and O–H groups in total. The van der Waals surface area contributed by atoms with Crippen molar-refractivity contribution in [2.45, 2.75) is 58.6 Å². The van der Waals surface area contributed by atoms with Crippen LogP contribution in [0.2, 0.25) is 6.04 Å². The third-order valence-corrected chi connectivity index (χ3v) is 5.67. The van der Waals surface area contributed by atoms with Gasteiger partial charge in [-0.25, -0.2) is 0 Å². The standard InChI is InChI=1S/C13H32N2O3Si/c1-4-10-16-19(12-9-15,17-11-5-2)18-13(6-3)7-8-14/h13H,4-12,14-15H2,1-3H3. The fourth-order valence-corrected chi connectivity index (χ4v) is 4.59. The molecular formula is C13H32N2O3Si. The molecule has 1 unspecified atom stereocenters. The van der Waals surface area contributed by atoms with E-state index in [4.69, 9.17) is 24.7 Å². The maximum atomic E-state index is 6.21. The van der Waals surface area contributed by atoms with Gasteiger partial charge < -0.3 is 24.7 Å². The van der Waals surface area contributed by atoms with Gasteiger partial charge in [0, 0.05) is 19.3 Å². The first kappa shape index (κ1) is 19.0. The Kier molecular flexibility index (Phi) is 11.8. The maximum Gasteiger partial charge on any atom is 0.502 e. The normalized spacial score (nSPS) is 13.7. The van der Waals surface area contributed by atoms with E-state index in [1.165, 1.54) is 0 Å². The lowest BCUT2D eigenvalue weighted by Crippen LogP contribution is -2.50. The zero-order valence-corrected chi connectivity index (χ0v) is 13.8. The van der Waals surface area contributed by atoms with Crippen molar-refractivity contribution in [2.75, 3.05) is 26.3 Å². The molecule has 116 valence electrons. The van der Waals surface area contributed by atoms with E-state index in [9.17, 15) is 0 Å². The van der Waals surface area contributed by atoms with Crippen LogP contribution in [-0.4, -0.2) is 41.2 Å². The molecule has 1 atom stereocenters. The van der Waals surface area contributed by atoms with E-state index >= 15 is 0 Å². The van der Waals surface area contributed by atoms with Gasteiger partial charge >= 0.3 is 8.80 Å². The van der Waals surface area contributed by atoms with Crippen LogP contribution < -0.4 is 11.5 Å². The van der Waals surface area contributed by atoms with Gasteiger partial charge in [0.05, 0.1) is 6.10 Å². The molecular weight excluding hydrogens is 260 g/mol. The second kappa shape index (κ2) is 11.8. The summed E-state index contributed by atoms with van der Waals surface area (Å²) in [7, 11) is -2.64. The SMILES string of the molecule is CCCO[Si](CCN)(OCCC)OC(CC)CCN. The summed E-state index contributed by atoms with van der Waals surface area (Å²) in [5.41, 5.74) is 11.3. The number of hydrogen-bond acceptors (Lipinski definition) is 5. The van der Waals surface area contributed by atoms with Crippen LogP contribution in [0.3, 0.4) is 0 Å². The summed E-state index contributed by atoms with van der Waals surface area (Å²) in [5, 5.41) is 0. The topological polar surface area (TPSA) is 79.7 Å². The van der Waals surface area contributed by atoms with E-state index in [2.05, 4.69) is 20.8 Å². The lowest BCUT2D eigenvalue weighted by atomic mass is 10.2. The molecule has 0 aromatic rings. The molecule has 0 fully saturated rings. The highest BCUT2D eigenvalue weighted by atomic mass is 28.4. The van der Waals surface area contributed by atoms with Crippen LogP contribution in [0.15, 0.2) is 0 Å². The molecule has 0 aromatic carbocycles. The molecule has 0 aliphatic carbocycles. The molecule has 0 heterocycles. The van der Waals surface area contributed by atoms with E-state index < -0.39 is 8.80 Å². The van der Waals surface area contributed by atoms with E-state index in [1.54, 1.807) is 0 Å². The zero-order chi connectivity index (χ0) is 14.6. The predicted molar refractivity (Wildman–Crippen MR) is 80.9 cm³/mol. The van der Waals surface area contributed by atoms with Gasteiger partial charge in [0.2, 0.25) is 0 Å². The van der Waals surface area contributed by atoms with Gasteiger partial charge in [-0.15, -0.1) is 0 Å². The van der Waals surface area contributed by atoms with Crippen LogP contribution in [-0.2, 0) is 13.3 Å². The van der Waals surface area contributed by atoms with E-state index in [1.807, 2.05) is 0 Å². The first-order valence-corrected chi connectivity index (χ1v) is 9.47. The highest BCUT2D eigenvalue weighted by molar-refractivity contribution is 6.60. The van der Waals surface area contributed by atoms with Gasteiger partial charge in [0.1, 0.15) is 0 Å². The van der Waals surface area contributed by atoms with Gasteiger partial charge in [-0.05, 0) is 38.8 Å². The van der Waals surface area contributed by atoms with Gasteiger partial charge in [0.15, 0.2) is 0 Å². The third kappa shape index (κ3) is 8.01. The fourth-order valence-electron chi connectivity index (χ4n) is 1.79. The fraction of sp³-hybridized carbons (Fsp3) is 1.00. The highest BCUT2D eigenvalue weighted by Gasteiger charge is 2.42. The van der Waals surface area contributed by atoms with E-state index in [-0.39, 0.29) is 6.10 Å². The maximum absolute atomic E-state index is 6.21. The van der Waals surface area contributed by atoms with Crippen LogP contribution >= 0.6 is 0 Å². The summed E-state index contributed by atoms with van der Waals surface area (Å²) in [5.74, 6) is 0. The van der Waals surface area contributed by atoms with Crippen molar-refractivity contribution >= 4 is 8.80 Å². The average molecular weight is 292 g/mol. The van der Waals surface area contributed by atoms with Crippen molar-refractivity contribution in [2.24, 2.45) is 11.5 Å². The monoisotopic (exact) mass is 292 g/mol. The molecule has 0 rings (SSSR count). The Morgan fingerprint density at radius 1 is 0.947 bits per heavy atom. The van der Waals surface area contributed by atoms with Crippen molar-refractivity contribution in [3.05, 3.63) is 0 Å². The number of rotatable bonds is 13. The molecule has 6 heteroatoms. The number of nitrogens with two attached hydrogens (primary N) is 2. The van der Waals surface area contributed by atoms with Crippen LogP contribution in [0.1, 0.15) is 46.5 Å². The van der Waals surface area contributed by atoms with Crippen LogP contribution in [0.25, 0.3) is 0 Å². The van der Waals surface area contributed by atoms with Crippen molar-refractivity contribution in [3.63, 3.8) is 0 Å². The average Bonchev–Trinajstić information content (AvgIpc) is 2.42. The smallest absolute Gasteiger partial charge is 0.373 e. The summed E-state index contributed by atoms with van der Waals surface area (Å²) < 4.78 is 18.2. The Morgan fingerprint density at radius 3 is 1.89 bits per heavy atom. The molecule has 0 amide bonds. The second-order valence-electron chi connectivity index (χ2n) is 4.64. The van der Waals surface area contributed by atoms with Gasteiger partial charge in [-0.3, -0.25) is 0 Å². The second-order valence-corrected chi connectivity index (χ2v) is 7.32. The van der Waals surface area contributed by atoms with Crippen molar-refractivity contribution in [1.82, 2.24) is 0 Å². The Labute approximate surface area is 119 Å².